The van der Waals surface area contributed by atoms with Crippen molar-refractivity contribution in [2.24, 2.45) is 0 Å². The van der Waals surface area contributed by atoms with Crippen molar-refractivity contribution in [2.75, 3.05) is 4.90 Å². The van der Waals surface area contributed by atoms with Crippen LogP contribution in [0.25, 0.3) is 88.4 Å². The van der Waals surface area contributed by atoms with E-state index in [1.165, 1.54) is 88.1 Å². The summed E-state index contributed by atoms with van der Waals surface area (Å²) in [6.45, 7) is 0. The molecular formula is C73H49N3. The zero-order valence-corrected chi connectivity index (χ0v) is 41.6. The van der Waals surface area contributed by atoms with Crippen LogP contribution < -0.4 is 4.90 Å². The Kier molecular flexibility index (Phi) is 10.1. The number of hydrogen-bond acceptors (Lipinski definition) is 1. The molecule has 0 saturated heterocycles. The van der Waals surface area contributed by atoms with Crippen LogP contribution in [0.2, 0.25) is 0 Å². The highest BCUT2D eigenvalue weighted by atomic mass is 15.1. The van der Waals surface area contributed by atoms with Gasteiger partial charge in [0.25, 0.3) is 0 Å². The van der Waals surface area contributed by atoms with Crippen molar-refractivity contribution in [3.63, 3.8) is 0 Å². The highest BCUT2D eigenvalue weighted by molar-refractivity contribution is 6.16. The average Bonchev–Trinajstić information content (AvgIpc) is 4.13. The maximum atomic E-state index is 2.49. The Hall–Kier alpha value is -9.96. The third kappa shape index (κ3) is 6.62. The van der Waals surface area contributed by atoms with E-state index in [4.69, 9.17) is 0 Å². The fourth-order valence-electron chi connectivity index (χ4n) is 12.8. The Morgan fingerprint density at radius 2 is 0.697 bits per heavy atom. The predicted molar refractivity (Wildman–Crippen MR) is 318 cm³/mol. The van der Waals surface area contributed by atoms with Crippen molar-refractivity contribution in [3.05, 3.63) is 320 Å². The third-order valence-corrected chi connectivity index (χ3v) is 16.0. The number of fused-ring (bicyclic) bond motifs is 9. The van der Waals surface area contributed by atoms with Crippen LogP contribution in [0.4, 0.5) is 17.1 Å². The smallest absolute Gasteiger partial charge is 0.0734 e. The minimum absolute atomic E-state index is 0.607. The second-order valence-corrected chi connectivity index (χ2v) is 20.0. The molecule has 0 N–H and O–H groups in total. The number of benzene rings is 12. The maximum absolute atomic E-state index is 2.49. The van der Waals surface area contributed by atoms with E-state index in [1.807, 2.05) is 0 Å². The van der Waals surface area contributed by atoms with E-state index in [0.29, 0.717) is 0 Å². The summed E-state index contributed by atoms with van der Waals surface area (Å²) in [6, 6.07) is 109. The highest BCUT2D eigenvalue weighted by Gasteiger charge is 2.48. The summed E-state index contributed by atoms with van der Waals surface area (Å²) in [5.74, 6) is 0. The van der Waals surface area contributed by atoms with Gasteiger partial charge < -0.3 is 14.0 Å². The topological polar surface area (TPSA) is 13.1 Å². The molecule has 12 aromatic carbocycles. The zero-order chi connectivity index (χ0) is 50.2. The summed E-state index contributed by atoms with van der Waals surface area (Å²) in [5.41, 5.74) is 22.0. The summed E-state index contributed by atoms with van der Waals surface area (Å²) in [6.07, 6.45) is 0. The molecule has 1 aliphatic carbocycles. The first-order valence-corrected chi connectivity index (χ1v) is 26.3. The van der Waals surface area contributed by atoms with Gasteiger partial charge in [0.05, 0.1) is 33.2 Å². The van der Waals surface area contributed by atoms with Gasteiger partial charge in [0, 0.05) is 49.9 Å². The maximum Gasteiger partial charge on any atom is 0.0734 e. The van der Waals surface area contributed by atoms with Gasteiger partial charge in [-0.1, -0.05) is 218 Å². The largest absolute Gasteiger partial charge is 0.310 e. The lowest BCUT2D eigenvalue weighted by Crippen LogP contribution is -2.30. The van der Waals surface area contributed by atoms with Gasteiger partial charge in [0.15, 0.2) is 0 Å². The van der Waals surface area contributed by atoms with Crippen LogP contribution in [0, 0.1) is 0 Å². The number of anilines is 3. The number of nitrogens with zero attached hydrogens (tertiary/aromatic N) is 3. The van der Waals surface area contributed by atoms with Gasteiger partial charge in [-0.15, -0.1) is 0 Å². The Balaban J connectivity index is 0.901. The quantitative estimate of drug-likeness (QED) is 0.140. The van der Waals surface area contributed by atoms with E-state index in [-0.39, 0.29) is 0 Å². The first kappa shape index (κ1) is 43.6. The lowest BCUT2D eigenvalue weighted by Gasteiger charge is -2.38. The first-order chi connectivity index (χ1) is 37.7. The summed E-state index contributed by atoms with van der Waals surface area (Å²) in [5, 5.41) is 5.01. The van der Waals surface area contributed by atoms with Crippen LogP contribution in [0.3, 0.4) is 0 Å². The molecule has 0 saturated carbocycles. The molecule has 3 nitrogen and oxygen atoms in total. The van der Waals surface area contributed by atoms with Crippen molar-refractivity contribution in [1.29, 1.82) is 0 Å². The normalized spacial score (nSPS) is 12.6. The highest BCUT2D eigenvalue weighted by Crippen LogP contribution is 2.60. The van der Waals surface area contributed by atoms with E-state index in [0.717, 1.165) is 39.6 Å². The molecular weight excluding hydrogens is 919 g/mol. The average molecular weight is 968 g/mol. The van der Waals surface area contributed by atoms with Crippen LogP contribution in [0.1, 0.15) is 22.3 Å². The van der Waals surface area contributed by atoms with E-state index in [2.05, 4.69) is 311 Å². The van der Waals surface area contributed by atoms with Crippen LogP contribution in [0.5, 0.6) is 0 Å². The molecule has 2 heterocycles. The van der Waals surface area contributed by atoms with Crippen molar-refractivity contribution >= 4 is 60.7 Å². The molecule has 0 atom stereocenters. The molecule has 14 aromatic rings. The minimum atomic E-state index is -0.607. The van der Waals surface area contributed by atoms with Gasteiger partial charge in [-0.3, -0.25) is 0 Å². The predicted octanol–water partition coefficient (Wildman–Crippen LogP) is 19.0. The van der Waals surface area contributed by atoms with E-state index < -0.39 is 5.41 Å². The third-order valence-electron chi connectivity index (χ3n) is 16.0. The van der Waals surface area contributed by atoms with E-state index >= 15 is 0 Å². The number of para-hydroxylation sites is 4. The molecule has 356 valence electrons. The summed E-state index contributed by atoms with van der Waals surface area (Å²) >= 11 is 0. The zero-order valence-electron chi connectivity index (χ0n) is 41.6. The SMILES string of the molecule is c1ccc(-n2c3ccccc3c3c(-c4ccc(N(c5ccc(-c6ccc(-n7c8ccccc8c8ccccc87)cc6)cc5)c5cccc6c5C(c5ccccc5)(c5ccccc5)c5ccccc5-6)cc4)cccc32)cc1. The Labute approximate surface area is 442 Å². The number of rotatable bonds is 9. The number of aromatic nitrogens is 2. The fraction of sp³-hybridized carbons (Fsp3) is 0.0137. The van der Waals surface area contributed by atoms with Crippen LogP contribution in [0.15, 0.2) is 297 Å². The Morgan fingerprint density at radius 3 is 1.32 bits per heavy atom. The van der Waals surface area contributed by atoms with Gasteiger partial charge in [-0.2, -0.15) is 0 Å². The van der Waals surface area contributed by atoms with Crippen molar-refractivity contribution in [3.8, 4) is 44.8 Å². The molecule has 76 heavy (non-hydrogen) atoms. The van der Waals surface area contributed by atoms with Gasteiger partial charge in [0.1, 0.15) is 0 Å². The molecule has 0 unspecified atom stereocenters. The molecule has 3 heteroatoms. The first-order valence-electron chi connectivity index (χ1n) is 26.3. The molecule has 0 bridgehead atoms. The van der Waals surface area contributed by atoms with Gasteiger partial charge in [-0.25, -0.2) is 0 Å². The number of hydrogen-bond donors (Lipinski definition) is 0. The summed E-state index contributed by atoms with van der Waals surface area (Å²) in [7, 11) is 0. The van der Waals surface area contributed by atoms with Crippen molar-refractivity contribution in [1.82, 2.24) is 9.13 Å². The van der Waals surface area contributed by atoms with Crippen molar-refractivity contribution < 1.29 is 0 Å². The molecule has 0 radical (unpaired) electrons. The molecule has 15 rings (SSSR count). The monoisotopic (exact) mass is 967 g/mol. The van der Waals surface area contributed by atoms with Gasteiger partial charge >= 0.3 is 0 Å². The van der Waals surface area contributed by atoms with Crippen molar-refractivity contribution in [2.45, 2.75) is 5.41 Å². The molecule has 0 spiro atoms. The molecule has 0 aliphatic heterocycles. The summed E-state index contributed by atoms with van der Waals surface area (Å²) < 4.78 is 4.78. The minimum Gasteiger partial charge on any atom is -0.310 e. The lowest BCUT2D eigenvalue weighted by atomic mass is 9.67. The van der Waals surface area contributed by atoms with Crippen LogP contribution in [-0.2, 0) is 5.41 Å². The van der Waals surface area contributed by atoms with Crippen LogP contribution >= 0.6 is 0 Å². The summed E-state index contributed by atoms with van der Waals surface area (Å²) in [4.78, 5) is 2.49. The molecule has 0 amide bonds. The van der Waals surface area contributed by atoms with Crippen LogP contribution in [-0.4, -0.2) is 9.13 Å². The van der Waals surface area contributed by atoms with Gasteiger partial charge in [0.2, 0.25) is 0 Å². The Morgan fingerprint density at radius 1 is 0.276 bits per heavy atom. The standard InChI is InChI=1S/C73H49N3/c1-4-20-53(21-5-1)73(54-22-6-2-7-23-54)65-32-14-10-26-60(65)63-31-19-37-70(72(63)73)74(56-44-38-50(39-45-56)51-40-46-58(47-41-51)75-66-33-15-11-27-61(66)62-28-12-16-34-67(62)75)57-48-42-52(43-49-57)59-30-18-36-69-71(59)64-29-13-17-35-68(64)76(69)55-24-8-3-9-25-55/h1-49H. The molecule has 2 aromatic heterocycles. The fourth-order valence-corrected chi connectivity index (χ4v) is 12.8. The molecule has 0 fully saturated rings. The lowest BCUT2D eigenvalue weighted by molar-refractivity contribution is 0.768. The Bertz CT molecular complexity index is 4380. The van der Waals surface area contributed by atoms with Gasteiger partial charge in [-0.05, 0) is 129 Å². The second-order valence-electron chi connectivity index (χ2n) is 20.0. The van der Waals surface area contributed by atoms with E-state index in [1.54, 1.807) is 0 Å². The van der Waals surface area contributed by atoms with E-state index in [9.17, 15) is 0 Å². The second kappa shape index (κ2) is 17.6. The molecule has 1 aliphatic rings.